The highest BCUT2D eigenvalue weighted by atomic mass is 28.4. The lowest BCUT2D eigenvalue weighted by atomic mass is 9.89. The van der Waals surface area contributed by atoms with E-state index in [-0.39, 0.29) is 50.6 Å². The number of hydrogen-bond acceptors (Lipinski definition) is 11. The highest BCUT2D eigenvalue weighted by molar-refractivity contribution is 6.60. The van der Waals surface area contributed by atoms with Crippen molar-refractivity contribution in [2.45, 2.75) is 120 Å². The van der Waals surface area contributed by atoms with Crippen LogP contribution in [0.4, 0.5) is 26.3 Å². The SMILES string of the molecule is CCCCC(O)(CCCC)C(F)(F)OC(F)(F)OC(F)(F)COCC(O)(CCC[Si](OC)(OC)OC)CCC[Si](OC)(OC)OC. The van der Waals surface area contributed by atoms with Crippen molar-refractivity contribution < 1.29 is 77.3 Å². The molecule has 11 nitrogen and oxygen atoms in total. The van der Waals surface area contributed by atoms with Crippen molar-refractivity contribution in [2.24, 2.45) is 0 Å². The van der Waals surface area contributed by atoms with Crippen molar-refractivity contribution in [1.29, 1.82) is 0 Å². The minimum Gasteiger partial charge on any atom is -0.387 e. The summed E-state index contributed by atoms with van der Waals surface area (Å²) in [6, 6.07) is 0.483. The Morgan fingerprint density at radius 1 is 0.543 bits per heavy atom. The van der Waals surface area contributed by atoms with Crippen molar-refractivity contribution in [3.8, 4) is 0 Å². The van der Waals surface area contributed by atoms with Crippen LogP contribution in [0.25, 0.3) is 0 Å². The first kappa shape index (κ1) is 45.6. The predicted molar refractivity (Wildman–Crippen MR) is 158 cm³/mol. The van der Waals surface area contributed by atoms with Crippen LogP contribution in [0.15, 0.2) is 0 Å². The highest BCUT2D eigenvalue weighted by Gasteiger charge is 2.61. The lowest BCUT2D eigenvalue weighted by molar-refractivity contribution is -0.532. The van der Waals surface area contributed by atoms with Gasteiger partial charge in [-0.25, -0.2) is 9.47 Å². The van der Waals surface area contributed by atoms with Crippen molar-refractivity contribution >= 4 is 17.6 Å². The van der Waals surface area contributed by atoms with Crippen LogP contribution in [0.2, 0.25) is 12.1 Å². The molecule has 0 rings (SSSR count). The second-order valence-electron chi connectivity index (χ2n) is 11.1. The molecule has 0 amide bonds. The van der Waals surface area contributed by atoms with Crippen LogP contribution in [0.1, 0.15) is 78.1 Å². The minimum absolute atomic E-state index is 0.0364. The van der Waals surface area contributed by atoms with Crippen LogP contribution in [0, 0.1) is 0 Å². The first-order valence-electron chi connectivity index (χ1n) is 15.1. The van der Waals surface area contributed by atoms with Gasteiger partial charge in [-0.05, 0) is 38.5 Å². The van der Waals surface area contributed by atoms with E-state index in [2.05, 4.69) is 9.47 Å². The summed E-state index contributed by atoms with van der Waals surface area (Å²) < 4.78 is 131. The Morgan fingerprint density at radius 2 is 0.935 bits per heavy atom. The van der Waals surface area contributed by atoms with Crippen LogP contribution < -0.4 is 0 Å². The maximum Gasteiger partial charge on any atom is 0.500 e. The second-order valence-corrected chi connectivity index (χ2v) is 17.3. The molecule has 0 aromatic heterocycles. The Labute approximate surface area is 270 Å². The standard InChI is InChI=1S/C27H54F6O11Si2/c1-9-11-17-24(35,18-12-10-2)26(30,31)44-27(32,33)43-25(28,29)22-42-21-23(34,15-13-19-45(36-3,37-4)38-5)16-14-20-46(39-6,40-7)41-8/h34-35H,9-22H2,1-8H3. The molecule has 0 aliphatic heterocycles. The summed E-state index contributed by atoms with van der Waals surface area (Å²) in [6.07, 6.45) is -15.3. The molecular formula is C27H54F6O11Si2. The maximum absolute atomic E-state index is 14.8. The number of alkyl halides is 6. The van der Waals surface area contributed by atoms with Crippen molar-refractivity contribution in [2.75, 3.05) is 55.9 Å². The summed E-state index contributed by atoms with van der Waals surface area (Å²) in [4.78, 5) is 0. The number of hydrogen-bond donors (Lipinski definition) is 2. The topological polar surface area (TPSA) is 124 Å². The Balaban J connectivity index is 5.63. The fourth-order valence-electron chi connectivity index (χ4n) is 4.83. The molecule has 0 aliphatic rings. The predicted octanol–water partition coefficient (Wildman–Crippen LogP) is 5.93. The molecule has 0 aliphatic carbocycles. The van der Waals surface area contributed by atoms with Gasteiger partial charge in [0.25, 0.3) is 0 Å². The van der Waals surface area contributed by atoms with E-state index in [1.165, 1.54) is 42.7 Å². The molecule has 0 radical (unpaired) electrons. The molecule has 0 saturated heterocycles. The molecule has 0 unspecified atom stereocenters. The van der Waals surface area contributed by atoms with E-state index in [0.717, 1.165) is 0 Å². The third-order valence-corrected chi connectivity index (χ3v) is 13.4. The molecule has 2 N–H and O–H groups in total. The third kappa shape index (κ3) is 15.0. The van der Waals surface area contributed by atoms with Gasteiger partial charge in [0.1, 0.15) is 6.61 Å². The largest absolute Gasteiger partial charge is 0.500 e. The summed E-state index contributed by atoms with van der Waals surface area (Å²) in [5.41, 5.74) is -4.81. The quantitative estimate of drug-likeness (QED) is 0.0542. The van der Waals surface area contributed by atoms with Gasteiger partial charge in [0.15, 0.2) is 5.60 Å². The lowest BCUT2D eigenvalue weighted by Gasteiger charge is -2.37. The smallest absolute Gasteiger partial charge is 0.387 e. The zero-order valence-electron chi connectivity index (χ0n) is 28.2. The number of ether oxygens (including phenoxy) is 3. The van der Waals surface area contributed by atoms with Crippen LogP contribution in [-0.4, -0.2) is 113 Å². The highest BCUT2D eigenvalue weighted by Crippen LogP contribution is 2.43. The van der Waals surface area contributed by atoms with E-state index < -0.39 is 73.4 Å². The average Bonchev–Trinajstić information content (AvgIpc) is 2.98. The Bertz CT molecular complexity index is 775. The van der Waals surface area contributed by atoms with Gasteiger partial charge in [0.05, 0.1) is 12.2 Å². The molecule has 46 heavy (non-hydrogen) atoms. The van der Waals surface area contributed by atoms with Gasteiger partial charge in [-0.3, -0.25) is 0 Å². The molecule has 0 fully saturated rings. The Hall–Kier alpha value is -0.426. The van der Waals surface area contributed by atoms with Gasteiger partial charge < -0.3 is 41.5 Å². The normalized spacial score (nSPS) is 14.3. The van der Waals surface area contributed by atoms with Gasteiger partial charge in [-0.1, -0.05) is 39.5 Å². The number of aliphatic hydroxyl groups is 2. The van der Waals surface area contributed by atoms with Crippen molar-refractivity contribution in [1.82, 2.24) is 0 Å². The van der Waals surface area contributed by atoms with Gasteiger partial charge >= 0.3 is 36.1 Å². The molecule has 278 valence electrons. The molecule has 0 aromatic rings. The molecule has 0 saturated carbocycles. The number of unbranched alkanes of at least 4 members (excludes halogenated alkanes) is 2. The zero-order chi connectivity index (χ0) is 35.8. The van der Waals surface area contributed by atoms with E-state index >= 15 is 0 Å². The summed E-state index contributed by atoms with van der Waals surface area (Å²) in [5.74, 6) is 0. The molecular weight excluding hydrogens is 670 g/mol. The first-order chi connectivity index (χ1) is 21.3. The molecule has 19 heteroatoms. The zero-order valence-corrected chi connectivity index (χ0v) is 30.2. The van der Waals surface area contributed by atoms with Gasteiger partial charge in [-0.2, -0.15) is 17.6 Å². The van der Waals surface area contributed by atoms with Gasteiger partial charge in [0.2, 0.25) is 0 Å². The van der Waals surface area contributed by atoms with Crippen LogP contribution >= 0.6 is 0 Å². The number of halogens is 6. The van der Waals surface area contributed by atoms with Crippen LogP contribution in [0.3, 0.4) is 0 Å². The van der Waals surface area contributed by atoms with E-state index in [0.29, 0.717) is 12.8 Å². The van der Waals surface area contributed by atoms with Gasteiger partial charge in [0, 0.05) is 54.7 Å². The van der Waals surface area contributed by atoms with Crippen molar-refractivity contribution in [3.63, 3.8) is 0 Å². The first-order valence-corrected chi connectivity index (χ1v) is 19.0. The van der Waals surface area contributed by atoms with E-state index in [4.69, 9.17) is 31.3 Å². The van der Waals surface area contributed by atoms with E-state index in [9.17, 15) is 36.6 Å². The molecule has 0 aromatic carbocycles. The summed E-state index contributed by atoms with van der Waals surface area (Å²) >= 11 is 0. The fraction of sp³-hybridized carbons (Fsp3) is 1.00. The van der Waals surface area contributed by atoms with E-state index in [1.54, 1.807) is 13.8 Å². The maximum atomic E-state index is 14.8. The second kappa shape index (κ2) is 20.3. The molecule has 0 bridgehead atoms. The Kier molecular flexibility index (Phi) is 20.1. The fourth-order valence-corrected chi connectivity index (χ4v) is 8.28. The minimum atomic E-state index is -5.51. The number of rotatable bonds is 29. The molecule has 0 atom stereocenters. The third-order valence-electron chi connectivity index (χ3n) is 7.70. The summed E-state index contributed by atoms with van der Waals surface area (Å²) in [7, 11) is 2.27. The summed E-state index contributed by atoms with van der Waals surface area (Å²) in [5, 5.41) is 21.8. The summed E-state index contributed by atoms with van der Waals surface area (Å²) in [6.45, 7) is 0.668. The van der Waals surface area contributed by atoms with E-state index in [1.807, 2.05) is 0 Å². The van der Waals surface area contributed by atoms with Crippen molar-refractivity contribution in [3.05, 3.63) is 0 Å². The van der Waals surface area contributed by atoms with Crippen LogP contribution in [-0.2, 0) is 40.8 Å². The molecule has 0 spiro atoms. The lowest BCUT2D eigenvalue weighted by Crippen LogP contribution is -2.54. The van der Waals surface area contributed by atoms with Crippen LogP contribution in [0.5, 0.6) is 0 Å². The Morgan fingerprint density at radius 3 is 1.28 bits per heavy atom. The average molecular weight is 725 g/mol. The molecule has 0 heterocycles. The van der Waals surface area contributed by atoms with Gasteiger partial charge in [-0.15, -0.1) is 8.78 Å². The monoisotopic (exact) mass is 724 g/mol.